The van der Waals surface area contributed by atoms with Crippen LogP contribution in [0.4, 0.5) is 0 Å². The lowest BCUT2D eigenvalue weighted by Crippen LogP contribution is -2.00. The fourth-order valence-corrected chi connectivity index (χ4v) is 2.44. The molecule has 2 aromatic carbocycles. The minimum atomic E-state index is 0.351. The van der Waals surface area contributed by atoms with E-state index >= 15 is 0 Å². The van der Waals surface area contributed by atoms with Gasteiger partial charge < -0.3 is 10.5 Å². The first-order valence-electron chi connectivity index (χ1n) is 5.22. The smallest absolute Gasteiger partial charge is 0.150 e. The molecule has 0 atom stereocenters. The Morgan fingerprint density at radius 3 is 2.56 bits per heavy atom. The molecule has 5 heteroatoms. The van der Waals surface area contributed by atoms with E-state index in [0.717, 1.165) is 10.0 Å². The Morgan fingerprint density at radius 2 is 1.89 bits per heavy atom. The highest BCUT2D eigenvalue weighted by Gasteiger charge is 2.10. The van der Waals surface area contributed by atoms with E-state index in [9.17, 15) is 0 Å². The molecule has 2 nitrogen and oxygen atoms in total. The van der Waals surface area contributed by atoms with Crippen LogP contribution in [0.1, 0.15) is 5.56 Å². The van der Waals surface area contributed by atoms with Gasteiger partial charge in [-0.15, -0.1) is 0 Å². The van der Waals surface area contributed by atoms with Gasteiger partial charge in [-0.3, -0.25) is 0 Å². The van der Waals surface area contributed by atoms with Gasteiger partial charge in [-0.1, -0.05) is 51.3 Å². The summed E-state index contributed by atoms with van der Waals surface area (Å²) in [5.41, 5.74) is 6.49. The SMILES string of the molecule is NCc1cccc(Cl)c1Oc1ccc(Br)cc1Cl. The van der Waals surface area contributed by atoms with Crippen LogP contribution in [0.2, 0.25) is 10.0 Å². The molecule has 0 bridgehead atoms. The molecule has 0 aromatic heterocycles. The lowest BCUT2D eigenvalue weighted by atomic mass is 10.2. The molecule has 0 heterocycles. The minimum absolute atomic E-state index is 0.351. The zero-order valence-electron chi connectivity index (χ0n) is 9.29. The van der Waals surface area contributed by atoms with Gasteiger partial charge in [0.25, 0.3) is 0 Å². The molecule has 2 rings (SSSR count). The molecule has 94 valence electrons. The van der Waals surface area contributed by atoms with Crippen LogP contribution in [0.15, 0.2) is 40.9 Å². The summed E-state index contributed by atoms with van der Waals surface area (Å²) in [4.78, 5) is 0. The molecule has 0 spiro atoms. The van der Waals surface area contributed by atoms with Gasteiger partial charge in [0.05, 0.1) is 10.0 Å². The molecule has 0 aliphatic rings. The Balaban J connectivity index is 2.39. The van der Waals surface area contributed by atoms with Crippen molar-refractivity contribution in [1.29, 1.82) is 0 Å². The van der Waals surface area contributed by atoms with Crippen molar-refractivity contribution in [2.45, 2.75) is 6.54 Å². The third-order valence-electron chi connectivity index (χ3n) is 2.37. The predicted octanol–water partition coefficient (Wildman–Crippen LogP) is 5.01. The van der Waals surface area contributed by atoms with E-state index in [1.807, 2.05) is 18.2 Å². The molecule has 0 amide bonds. The van der Waals surface area contributed by atoms with Crippen molar-refractivity contribution < 1.29 is 4.74 Å². The normalized spacial score (nSPS) is 10.4. The van der Waals surface area contributed by atoms with Crippen molar-refractivity contribution in [2.24, 2.45) is 5.73 Å². The number of benzene rings is 2. The Morgan fingerprint density at radius 1 is 1.11 bits per heavy atom. The second-order valence-corrected chi connectivity index (χ2v) is 5.34. The van der Waals surface area contributed by atoms with Gasteiger partial charge >= 0.3 is 0 Å². The molecule has 0 radical (unpaired) electrons. The van der Waals surface area contributed by atoms with Crippen LogP contribution < -0.4 is 10.5 Å². The lowest BCUT2D eigenvalue weighted by Gasteiger charge is -2.12. The Bertz CT molecular complexity index is 575. The van der Waals surface area contributed by atoms with Crippen molar-refractivity contribution in [3.63, 3.8) is 0 Å². The highest BCUT2D eigenvalue weighted by atomic mass is 79.9. The summed E-state index contributed by atoms with van der Waals surface area (Å²) in [5.74, 6) is 1.09. The fourth-order valence-electron chi connectivity index (χ4n) is 1.50. The molecule has 0 unspecified atom stereocenters. The monoisotopic (exact) mass is 345 g/mol. The summed E-state index contributed by atoms with van der Waals surface area (Å²) in [5, 5.41) is 1.02. The summed E-state index contributed by atoms with van der Waals surface area (Å²) >= 11 is 15.5. The molecule has 2 aromatic rings. The van der Waals surface area contributed by atoms with Crippen molar-refractivity contribution in [2.75, 3.05) is 0 Å². The molecule has 0 aliphatic carbocycles. The van der Waals surface area contributed by atoms with Gasteiger partial charge in [-0.2, -0.15) is 0 Å². The highest BCUT2D eigenvalue weighted by molar-refractivity contribution is 9.10. The summed E-state index contributed by atoms with van der Waals surface area (Å²) in [7, 11) is 0. The number of nitrogens with two attached hydrogens (primary N) is 1. The molecule has 0 aliphatic heterocycles. The number of para-hydroxylation sites is 1. The second kappa shape index (κ2) is 5.93. The molecule has 18 heavy (non-hydrogen) atoms. The number of hydrogen-bond donors (Lipinski definition) is 1. The highest BCUT2D eigenvalue weighted by Crippen LogP contribution is 2.36. The Kier molecular flexibility index (Phi) is 4.51. The van der Waals surface area contributed by atoms with E-state index < -0.39 is 0 Å². The average molecular weight is 347 g/mol. The Labute approximate surface area is 124 Å². The summed E-state index contributed by atoms with van der Waals surface area (Å²) < 4.78 is 6.64. The predicted molar refractivity (Wildman–Crippen MR) is 78.6 cm³/mol. The number of hydrogen-bond acceptors (Lipinski definition) is 2. The first-order chi connectivity index (χ1) is 8.61. The van der Waals surface area contributed by atoms with Gasteiger partial charge in [0, 0.05) is 16.6 Å². The first kappa shape index (κ1) is 13.7. The van der Waals surface area contributed by atoms with E-state index in [-0.39, 0.29) is 0 Å². The summed E-state index contributed by atoms with van der Waals surface area (Å²) in [6.45, 7) is 0.351. The third-order valence-corrected chi connectivity index (χ3v) is 3.46. The zero-order chi connectivity index (χ0) is 13.1. The number of ether oxygens (including phenoxy) is 1. The van der Waals surface area contributed by atoms with Crippen LogP contribution in [0, 0.1) is 0 Å². The fraction of sp³-hybridized carbons (Fsp3) is 0.0769. The number of halogens is 3. The number of rotatable bonds is 3. The van der Waals surface area contributed by atoms with Crippen LogP contribution >= 0.6 is 39.1 Å². The second-order valence-electron chi connectivity index (χ2n) is 3.61. The molecule has 0 fully saturated rings. The topological polar surface area (TPSA) is 35.2 Å². The van der Waals surface area contributed by atoms with E-state index in [1.54, 1.807) is 18.2 Å². The van der Waals surface area contributed by atoms with Gasteiger partial charge in [0.1, 0.15) is 5.75 Å². The molecule has 0 saturated carbocycles. The van der Waals surface area contributed by atoms with E-state index in [0.29, 0.717) is 28.1 Å². The maximum absolute atomic E-state index is 6.11. The average Bonchev–Trinajstić information content (AvgIpc) is 2.34. The molecular formula is C13H10BrCl2NO. The van der Waals surface area contributed by atoms with Crippen molar-refractivity contribution in [1.82, 2.24) is 0 Å². The zero-order valence-corrected chi connectivity index (χ0v) is 12.4. The standard InChI is InChI=1S/C13H10BrCl2NO/c14-9-4-5-12(11(16)6-9)18-13-8(7-17)2-1-3-10(13)15/h1-6H,7,17H2. The maximum Gasteiger partial charge on any atom is 0.150 e. The van der Waals surface area contributed by atoms with Crippen LogP contribution in [0.5, 0.6) is 11.5 Å². The van der Waals surface area contributed by atoms with Gasteiger partial charge in [0.2, 0.25) is 0 Å². The van der Waals surface area contributed by atoms with Crippen molar-refractivity contribution >= 4 is 39.1 Å². The quantitative estimate of drug-likeness (QED) is 0.848. The van der Waals surface area contributed by atoms with Crippen LogP contribution in [0.3, 0.4) is 0 Å². The van der Waals surface area contributed by atoms with Crippen LogP contribution in [0.25, 0.3) is 0 Å². The lowest BCUT2D eigenvalue weighted by molar-refractivity contribution is 0.477. The van der Waals surface area contributed by atoms with E-state index in [1.165, 1.54) is 0 Å². The van der Waals surface area contributed by atoms with Gasteiger partial charge in [-0.05, 0) is 24.3 Å². The molecular weight excluding hydrogens is 337 g/mol. The van der Waals surface area contributed by atoms with Crippen molar-refractivity contribution in [3.8, 4) is 11.5 Å². The largest absolute Gasteiger partial charge is 0.454 e. The summed E-state index contributed by atoms with van der Waals surface area (Å²) in [6.07, 6.45) is 0. The Hall–Kier alpha value is -0.740. The van der Waals surface area contributed by atoms with Crippen molar-refractivity contribution in [3.05, 3.63) is 56.5 Å². The molecule has 2 N–H and O–H groups in total. The van der Waals surface area contributed by atoms with E-state index in [2.05, 4.69) is 15.9 Å². The minimum Gasteiger partial charge on any atom is -0.454 e. The molecule has 0 saturated heterocycles. The third kappa shape index (κ3) is 2.98. The van der Waals surface area contributed by atoms with Gasteiger partial charge in [-0.25, -0.2) is 0 Å². The maximum atomic E-state index is 6.11. The first-order valence-corrected chi connectivity index (χ1v) is 6.77. The van der Waals surface area contributed by atoms with Crippen LogP contribution in [-0.4, -0.2) is 0 Å². The summed E-state index contributed by atoms with van der Waals surface area (Å²) in [6, 6.07) is 10.8. The van der Waals surface area contributed by atoms with Gasteiger partial charge in [0.15, 0.2) is 5.75 Å². The van der Waals surface area contributed by atoms with Crippen LogP contribution in [-0.2, 0) is 6.54 Å². The van der Waals surface area contributed by atoms with E-state index in [4.69, 9.17) is 33.7 Å².